The van der Waals surface area contributed by atoms with Crippen LogP contribution < -0.4 is 5.32 Å². The van der Waals surface area contributed by atoms with E-state index in [9.17, 15) is 0 Å². The predicted octanol–water partition coefficient (Wildman–Crippen LogP) is 4.81. The summed E-state index contributed by atoms with van der Waals surface area (Å²) in [6, 6.07) is 14.6. The van der Waals surface area contributed by atoms with Crippen molar-refractivity contribution in [1.82, 2.24) is 0 Å². The fourth-order valence-corrected chi connectivity index (χ4v) is 3.08. The Morgan fingerprint density at radius 1 is 1.12 bits per heavy atom. The molecule has 1 aliphatic heterocycles. The van der Waals surface area contributed by atoms with E-state index in [1.54, 1.807) is 0 Å². The van der Waals surface area contributed by atoms with Crippen molar-refractivity contribution in [3.8, 4) is 0 Å². The smallest absolute Gasteiger partial charge is 0.0570 e. The molecule has 0 spiro atoms. The van der Waals surface area contributed by atoms with E-state index in [-0.39, 0.29) is 6.04 Å². The van der Waals surface area contributed by atoms with Crippen molar-refractivity contribution in [2.24, 2.45) is 0 Å². The summed E-state index contributed by atoms with van der Waals surface area (Å²) in [5.41, 5.74) is 3.69. The van der Waals surface area contributed by atoms with Gasteiger partial charge in [0.15, 0.2) is 0 Å². The Bertz CT molecular complexity index is 568. The molecular weight excluding hydrogens is 298 g/mol. The third-order valence-electron chi connectivity index (χ3n) is 3.12. The van der Waals surface area contributed by atoms with E-state index in [0.717, 1.165) is 21.5 Å². The van der Waals surface area contributed by atoms with Crippen molar-refractivity contribution in [3.05, 3.63) is 63.1 Å². The SMILES string of the molecule is Clc1ccccc1C1Cc2cccc(Br)c2N1. The highest BCUT2D eigenvalue weighted by atomic mass is 79.9. The second-order valence-electron chi connectivity index (χ2n) is 4.20. The van der Waals surface area contributed by atoms with Crippen molar-refractivity contribution < 1.29 is 0 Å². The van der Waals surface area contributed by atoms with Gasteiger partial charge in [-0.2, -0.15) is 0 Å². The van der Waals surface area contributed by atoms with Crippen LogP contribution in [0.3, 0.4) is 0 Å². The Labute approximate surface area is 114 Å². The van der Waals surface area contributed by atoms with Crippen molar-refractivity contribution in [3.63, 3.8) is 0 Å². The number of para-hydroxylation sites is 1. The van der Waals surface area contributed by atoms with Gasteiger partial charge in [0.2, 0.25) is 0 Å². The number of nitrogens with one attached hydrogen (secondary N) is 1. The van der Waals surface area contributed by atoms with Crippen molar-refractivity contribution >= 4 is 33.2 Å². The Hall–Kier alpha value is -0.990. The minimum absolute atomic E-state index is 0.275. The number of hydrogen-bond donors (Lipinski definition) is 1. The van der Waals surface area contributed by atoms with Crippen molar-refractivity contribution in [2.45, 2.75) is 12.5 Å². The summed E-state index contributed by atoms with van der Waals surface area (Å²) >= 11 is 9.81. The van der Waals surface area contributed by atoms with Gasteiger partial charge in [-0.25, -0.2) is 0 Å². The maximum atomic E-state index is 6.24. The van der Waals surface area contributed by atoms with Crippen LogP contribution in [-0.2, 0) is 6.42 Å². The van der Waals surface area contributed by atoms with Gasteiger partial charge in [-0.05, 0) is 45.6 Å². The highest BCUT2D eigenvalue weighted by Crippen LogP contribution is 2.40. The summed E-state index contributed by atoms with van der Waals surface area (Å²) in [6.45, 7) is 0. The molecule has 17 heavy (non-hydrogen) atoms. The van der Waals surface area contributed by atoms with E-state index in [2.05, 4.69) is 45.5 Å². The van der Waals surface area contributed by atoms with E-state index in [0.29, 0.717) is 0 Å². The number of fused-ring (bicyclic) bond motifs is 1. The van der Waals surface area contributed by atoms with Crippen LogP contribution >= 0.6 is 27.5 Å². The van der Waals surface area contributed by atoms with Crippen molar-refractivity contribution in [2.75, 3.05) is 5.32 Å². The zero-order valence-corrected chi connectivity index (χ0v) is 11.4. The van der Waals surface area contributed by atoms with E-state index in [1.165, 1.54) is 11.3 Å². The average molecular weight is 309 g/mol. The van der Waals surface area contributed by atoms with Gasteiger partial charge in [0.05, 0.1) is 11.7 Å². The first-order chi connectivity index (χ1) is 8.25. The standard InChI is InChI=1S/C14H11BrClN/c15-11-6-3-4-9-8-13(17-14(9)11)10-5-1-2-7-12(10)16/h1-7,13,17H,8H2. The largest absolute Gasteiger partial charge is 0.377 e. The molecule has 2 aromatic carbocycles. The lowest BCUT2D eigenvalue weighted by molar-refractivity contribution is 0.824. The maximum Gasteiger partial charge on any atom is 0.0570 e. The summed E-state index contributed by atoms with van der Waals surface area (Å²) in [6.07, 6.45) is 0.985. The molecule has 0 radical (unpaired) electrons. The fourth-order valence-electron chi connectivity index (χ4n) is 2.29. The minimum Gasteiger partial charge on any atom is -0.377 e. The Morgan fingerprint density at radius 3 is 2.71 bits per heavy atom. The molecule has 0 saturated heterocycles. The molecule has 1 heterocycles. The van der Waals surface area contributed by atoms with Gasteiger partial charge in [-0.1, -0.05) is 41.9 Å². The van der Waals surface area contributed by atoms with Gasteiger partial charge in [-0.15, -0.1) is 0 Å². The highest BCUT2D eigenvalue weighted by molar-refractivity contribution is 9.10. The van der Waals surface area contributed by atoms with Crippen LogP contribution in [0.5, 0.6) is 0 Å². The van der Waals surface area contributed by atoms with Crippen LogP contribution in [0.15, 0.2) is 46.9 Å². The Balaban J connectivity index is 1.97. The van der Waals surface area contributed by atoms with Gasteiger partial charge in [-0.3, -0.25) is 0 Å². The first-order valence-electron chi connectivity index (χ1n) is 5.54. The van der Waals surface area contributed by atoms with Gasteiger partial charge < -0.3 is 5.32 Å². The zero-order valence-electron chi connectivity index (χ0n) is 9.08. The van der Waals surface area contributed by atoms with Crippen LogP contribution in [-0.4, -0.2) is 0 Å². The van der Waals surface area contributed by atoms with Crippen LogP contribution in [0.2, 0.25) is 5.02 Å². The number of anilines is 1. The van der Waals surface area contributed by atoms with E-state index >= 15 is 0 Å². The normalized spacial score (nSPS) is 17.6. The van der Waals surface area contributed by atoms with Crippen molar-refractivity contribution in [1.29, 1.82) is 0 Å². The Morgan fingerprint density at radius 2 is 1.94 bits per heavy atom. The summed E-state index contributed by atoms with van der Waals surface area (Å²) < 4.78 is 1.12. The third-order valence-corrected chi connectivity index (χ3v) is 4.13. The number of benzene rings is 2. The number of hydrogen-bond acceptors (Lipinski definition) is 1. The Kier molecular flexibility index (Phi) is 2.85. The third kappa shape index (κ3) is 1.96. The molecule has 2 aromatic rings. The molecule has 86 valence electrons. The van der Waals surface area contributed by atoms with E-state index < -0.39 is 0 Å². The lowest BCUT2D eigenvalue weighted by Gasteiger charge is -2.13. The van der Waals surface area contributed by atoms with Gasteiger partial charge in [0.1, 0.15) is 0 Å². The lowest BCUT2D eigenvalue weighted by Crippen LogP contribution is -2.06. The molecular formula is C14H11BrClN. The molecule has 1 atom stereocenters. The first kappa shape index (κ1) is 11.1. The summed E-state index contributed by atoms with van der Waals surface area (Å²) in [7, 11) is 0. The van der Waals surface area contributed by atoms with E-state index in [4.69, 9.17) is 11.6 Å². The van der Waals surface area contributed by atoms with Crippen LogP contribution in [0.1, 0.15) is 17.2 Å². The molecule has 1 unspecified atom stereocenters. The maximum absolute atomic E-state index is 6.24. The second-order valence-corrected chi connectivity index (χ2v) is 5.46. The molecule has 3 rings (SSSR count). The van der Waals surface area contributed by atoms with Gasteiger partial charge in [0.25, 0.3) is 0 Å². The summed E-state index contributed by atoms with van der Waals surface area (Å²) in [5, 5.41) is 4.36. The number of halogens is 2. The minimum atomic E-state index is 0.275. The molecule has 3 heteroatoms. The molecule has 0 amide bonds. The topological polar surface area (TPSA) is 12.0 Å². The molecule has 1 nitrogen and oxygen atoms in total. The predicted molar refractivity (Wildman–Crippen MR) is 75.7 cm³/mol. The monoisotopic (exact) mass is 307 g/mol. The highest BCUT2D eigenvalue weighted by Gasteiger charge is 2.24. The van der Waals surface area contributed by atoms with Crippen LogP contribution in [0, 0.1) is 0 Å². The second kappa shape index (κ2) is 4.35. The average Bonchev–Trinajstić information content (AvgIpc) is 2.75. The molecule has 0 saturated carbocycles. The fraction of sp³-hybridized carbons (Fsp3) is 0.143. The molecule has 0 aromatic heterocycles. The first-order valence-corrected chi connectivity index (χ1v) is 6.71. The molecule has 0 fully saturated rings. The van der Waals surface area contributed by atoms with Gasteiger partial charge >= 0.3 is 0 Å². The summed E-state index contributed by atoms with van der Waals surface area (Å²) in [5.74, 6) is 0. The van der Waals surface area contributed by atoms with Crippen LogP contribution in [0.4, 0.5) is 5.69 Å². The molecule has 1 N–H and O–H groups in total. The zero-order chi connectivity index (χ0) is 11.8. The van der Waals surface area contributed by atoms with E-state index in [1.807, 2.05) is 18.2 Å². The van der Waals surface area contributed by atoms with Gasteiger partial charge in [0, 0.05) is 9.50 Å². The summed E-state index contributed by atoms with van der Waals surface area (Å²) in [4.78, 5) is 0. The quantitative estimate of drug-likeness (QED) is 0.797. The van der Waals surface area contributed by atoms with Crippen LogP contribution in [0.25, 0.3) is 0 Å². The molecule has 1 aliphatic rings. The lowest BCUT2D eigenvalue weighted by atomic mass is 10.0. The molecule has 0 bridgehead atoms. The molecule has 0 aliphatic carbocycles. The number of rotatable bonds is 1.